The Morgan fingerprint density at radius 1 is 1.24 bits per heavy atom. The van der Waals surface area contributed by atoms with Crippen molar-refractivity contribution in [1.82, 2.24) is 5.32 Å². The van der Waals surface area contributed by atoms with Gasteiger partial charge >= 0.3 is 0 Å². The minimum Gasteiger partial charge on any atom is -0.387 e. The summed E-state index contributed by atoms with van der Waals surface area (Å²) in [5, 5.41) is 14.5. The lowest BCUT2D eigenvalue weighted by molar-refractivity contribution is 0.114. The quantitative estimate of drug-likeness (QED) is 0.874. The monoisotopic (exact) mass is 295 g/mol. The predicted octanol–water partition coefficient (Wildman–Crippen LogP) is 3.59. The standard InChI is InChI=1S/C12H15Cl2NO.ClH/c13-9-5-4-8(7-10(9)14)12(16)11-3-1-2-6-15-11;/h4-5,7,11-12,15-16H,1-3,6H2;1H. The molecule has 17 heavy (non-hydrogen) atoms. The Bertz CT molecular complexity index is 367. The summed E-state index contributed by atoms with van der Waals surface area (Å²) in [5.41, 5.74) is 0.828. The minimum absolute atomic E-state index is 0. The molecule has 0 aromatic heterocycles. The minimum atomic E-state index is -0.505. The summed E-state index contributed by atoms with van der Waals surface area (Å²) < 4.78 is 0. The third-order valence-corrected chi connectivity index (χ3v) is 3.75. The summed E-state index contributed by atoms with van der Waals surface area (Å²) in [7, 11) is 0. The second-order valence-electron chi connectivity index (χ2n) is 4.17. The van der Waals surface area contributed by atoms with E-state index in [9.17, 15) is 5.11 Å². The van der Waals surface area contributed by atoms with Crippen LogP contribution < -0.4 is 5.32 Å². The van der Waals surface area contributed by atoms with Gasteiger partial charge in [0.25, 0.3) is 0 Å². The molecule has 1 heterocycles. The second-order valence-corrected chi connectivity index (χ2v) is 4.99. The highest BCUT2D eigenvalue weighted by atomic mass is 35.5. The van der Waals surface area contributed by atoms with E-state index in [1.165, 1.54) is 6.42 Å². The number of aliphatic hydroxyl groups excluding tert-OH is 1. The number of halogens is 3. The van der Waals surface area contributed by atoms with Crippen molar-refractivity contribution in [1.29, 1.82) is 0 Å². The van der Waals surface area contributed by atoms with Crippen LogP contribution in [0.2, 0.25) is 10.0 Å². The Balaban J connectivity index is 0.00000144. The molecule has 2 N–H and O–H groups in total. The van der Waals surface area contributed by atoms with E-state index in [1.54, 1.807) is 12.1 Å². The third-order valence-electron chi connectivity index (χ3n) is 3.01. The molecule has 5 heteroatoms. The van der Waals surface area contributed by atoms with Crippen LogP contribution in [0.25, 0.3) is 0 Å². The van der Waals surface area contributed by atoms with Gasteiger partial charge in [0.05, 0.1) is 16.1 Å². The van der Waals surface area contributed by atoms with Gasteiger partial charge < -0.3 is 10.4 Å². The number of hydrogen-bond donors (Lipinski definition) is 2. The molecule has 1 aliphatic rings. The molecule has 1 aliphatic heterocycles. The highest BCUT2D eigenvalue weighted by molar-refractivity contribution is 6.42. The molecule has 0 aliphatic carbocycles. The normalized spacial score (nSPS) is 21.7. The molecule has 2 atom stereocenters. The Labute approximate surface area is 118 Å². The first kappa shape index (κ1) is 15.1. The van der Waals surface area contributed by atoms with Crippen LogP contribution in [0.4, 0.5) is 0 Å². The lowest BCUT2D eigenvalue weighted by Gasteiger charge is -2.28. The van der Waals surface area contributed by atoms with Gasteiger partial charge in [0.1, 0.15) is 0 Å². The van der Waals surface area contributed by atoms with Gasteiger partial charge in [0.15, 0.2) is 0 Å². The SMILES string of the molecule is Cl.OC(c1ccc(Cl)c(Cl)c1)C1CCCCN1. The number of aliphatic hydroxyl groups is 1. The van der Waals surface area contributed by atoms with E-state index in [1.807, 2.05) is 6.07 Å². The summed E-state index contributed by atoms with van der Waals surface area (Å²) in [5.74, 6) is 0. The van der Waals surface area contributed by atoms with Gasteiger partial charge in [-0.15, -0.1) is 12.4 Å². The second kappa shape index (κ2) is 6.81. The van der Waals surface area contributed by atoms with E-state index in [0.29, 0.717) is 10.0 Å². The van der Waals surface area contributed by atoms with E-state index < -0.39 is 6.10 Å². The van der Waals surface area contributed by atoms with Gasteiger partial charge in [-0.2, -0.15) is 0 Å². The molecular weight excluding hydrogens is 280 g/mol. The van der Waals surface area contributed by atoms with E-state index in [2.05, 4.69) is 5.32 Å². The van der Waals surface area contributed by atoms with Crippen molar-refractivity contribution in [3.8, 4) is 0 Å². The summed E-state index contributed by atoms with van der Waals surface area (Å²) in [6, 6.07) is 5.43. The molecule has 0 bridgehead atoms. The van der Waals surface area contributed by atoms with Crippen molar-refractivity contribution in [2.75, 3.05) is 6.54 Å². The van der Waals surface area contributed by atoms with Crippen molar-refractivity contribution in [3.05, 3.63) is 33.8 Å². The fourth-order valence-electron chi connectivity index (χ4n) is 2.08. The summed E-state index contributed by atoms with van der Waals surface area (Å²) in [4.78, 5) is 0. The van der Waals surface area contributed by atoms with E-state index in [0.717, 1.165) is 24.9 Å². The van der Waals surface area contributed by atoms with E-state index >= 15 is 0 Å². The molecule has 1 fully saturated rings. The van der Waals surface area contributed by atoms with Crippen LogP contribution in [0.1, 0.15) is 30.9 Å². The molecule has 0 saturated carbocycles. The average molecular weight is 297 g/mol. The molecule has 0 spiro atoms. The zero-order valence-electron chi connectivity index (χ0n) is 9.33. The van der Waals surface area contributed by atoms with Crippen molar-refractivity contribution >= 4 is 35.6 Å². The molecule has 1 aromatic rings. The molecule has 2 unspecified atom stereocenters. The largest absolute Gasteiger partial charge is 0.387 e. The predicted molar refractivity (Wildman–Crippen MR) is 74.3 cm³/mol. The molecule has 96 valence electrons. The van der Waals surface area contributed by atoms with Crippen LogP contribution in [0, 0.1) is 0 Å². The third kappa shape index (κ3) is 3.73. The van der Waals surface area contributed by atoms with Gasteiger partial charge in [-0.3, -0.25) is 0 Å². The maximum absolute atomic E-state index is 10.2. The summed E-state index contributed by atoms with van der Waals surface area (Å²) in [6.45, 7) is 0.975. The number of piperidine rings is 1. The summed E-state index contributed by atoms with van der Waals surface area (Å²) >= 11 is 11.8. The first-order valence-electron chi connectivity index (χ1n) is 5.55. The van der Waals surface area contributed by atoms with Crippen molar-refractivity contribution in [2.24, 2.45) is 0 Å². The van der Waals surface area contributed by atoms with Crippen LogP contribution >= 0.6 is 35.6 Å². The van der Waals surface area contributed by atoms with Crippen molar-refractivity contribution in [3.63, 3.8) is 0 Å². The van der Waals surface area contributed by atoms with Crippen LogP contribution in [0.5, 0.6) is 0 Å². The molecule has 0 amide bonds. The Kier molecular flexibility index (Phi) is 6.04. The Hall–Kier alpha value is 0.01000. The van der Waals surface area contributed by atoms with Crippen LogP contribution in [-0.2, 0) is 0 Å². The van der Waals surface area contributed by atoms with Crippen LogP contribution in [0.15, 0.2) is 18.2 Å². The number of benzene rings is 1. The Morgan fingerprint density at radius 3 is 2.59 bits per heavy atom. The topological polar surface area (TPSA) is 32.3 Å². The van der Waals surface area contributed by atoms with E-state index in [-0.39, 0.29) is 18.4 Å². The van der Waals surface area contributed by atoms with Gasteiger partial charge in [-0.05, 0) is 37.1 Å². The van der Waals surface area contributed by atoms with Gasteiger partial charge in [0.2, 0.25) is 0 Å². The molecular formula is C12H16Cl3NO. The number of rotatable bonds is 2. The first-order chi connectivity index (χ1) is 7.68. The van der Waals surface area contributed by atoms with Crippen molar-refractivity contribution in [2.45, 2.75) is 31.4 Å². The zero-order valence-corrected chi connectivity index (χ0v) is 11.7. The maximum atomic E-state index is 10.2. The lowest BCUT2D eigenvalue weighted by atomic mass is 9.95. The van der Waals surface area contributed by atoms with Gasteiger partial charge in [-0.1, -0.05) is 35.7 Å². The maximum Gasteiger partial charge on any atom is 0.0943 e. The molecule has 0 radical (unpaired) electrons. The first-order valence-corrected chi connectivity index (χ1v) is 6.30. The number of nitrogens with one attached hydrogen (secondary N) is 1. The fourth-order valence-corrected chi connectivity index (χ4v) is 2.38. The zero-order chi connectivity index (χ0) is 11.5. The van der Waals surface area contributed by atoms with Crippen LogP contribution in [0.3, 0.4) is 0 Å². The average Bonchev–Trinajstić information content (AvgIpc) is 2.33. The molecule has 1 aromatic carbocycles. The van der Waals surface area contributed by atoms with E-state index in [4.69, 9.17) is 23.2 Å². The highest BCUT2D eigenvalue weighted by Crippen LogP contribution is 2.28. The smallest absolute Gasteiger partial charge is 0.0943 e. The highest BCUT2D eigenvalue weighted by Gasteiger charge is 2.22. The molecule has 1 saturated heterocycles. The van der Waals surface area contributed by atoms with Crippen LogP contribution in [-0.4, -0.2) is 17.7 Å². The van der Waals surface area contributed by atoms with Gasteiger partial charge in [-0.25, -0.2) is 0 Å². The Morgan fingerprint density at radius 2 is 2.00 bits per heavy atom. The fraction of sp³-hybridized carbons (Fsp3) is 0.500. The lowest BCUT2D eigenvalue weighted by Crippen LogP contribution is -2.38. The molecule has 2 rings (SSSR count). The van der Waals surface area contributed by atoms with Crippen molar-refractivity contribution < 1.29 is 5.11 Å². The summed E-state index contributed by atoms with van der Waals surface area (Å²) in [6.07, 6.45) is 2.84. The van der Waals surface area contributed by atoms with Gasteiger partial charge in [0, 0.05) is 6.04 Å². The molecule has 2 nitrogen and oxygen atoms in total. The number of hydrogen-bond acceptors (Lipinski definition) is 2.